The van der Waals surface area contributed by atoms with Gasteiger partial charge in [0.1, 0.15) is 16.4 Å². The molecule has 1 heterocycles. The highest BCUT2D eigenvalue weighted by Gasteiger charge is 2.31. The Hall–Kier alpha value is -1.41. The summed E-state index contributed by atoms with van der Waals surface area (Å²) >= 11 is 8.07. The van der Waals surface area contributed by atoms with Gasteiger partial charge >= 0.3 is 0 Å². The first-order valence-electron chi connectivity index (χ1n) is 8.55. The molecule has 2 aromatic rings. The average molecular weight is 428 g/mol. The molecule has 1 saturated heterocycles. The van der Waals surface area contributed by atoms with Gasteiger partial charge in [0.15, 0.2) is 0 Å². The molecular weight excluding hydrogens is 406 g/mol. The lowest BCUT2D eigenvalue weighted by Crippen LogP contribution is -2.33. The van der Waals surface area contributed by atoms with Crippen molar-refractivity contribution < 1.29 is 17.9 Å². The Morgan fingerprint density at radius 1 is 1.11 bits per heavy atom. The molecule has 8 heteroatoms. The third-order valence-electron chi connectivity index (χ3n) is 4.54. The number of hydrogen-bond donors (Lipinski definition) is 0. The van der Waals surface area contributed by atoms with Gasteiger partial charge in [-0.05, 0) is 30.2 Å². The van der Waals surface area contributed by atoms with Crippen LogP contribution in [0.3, 0.4) is 0 Å². The summed E-state index contributed by atoms with van der Waals surface area (Å²) in [5.74, 6) is 1.49. The minimum absolute atomic E-state index is 0.130. The highest BCUT2D eigenvalue weighted by atomic mass is 35.5. The molecule has 146 valence electrons. The van der Waals surface area contributed by atoms with Crippen LogP contribution in [0.25, 0.3) is 0 Å². The molecule has 0 amide bonds. The zero-order valence-corrected chi connectivity index (χ0v) is 17.6. The zero-order chi connectivity index (χ0) is 19.4. The summed E-state index contributed by atoms with van der Waals surface area (Å²) in [6.45, 7) is 0.861. The predicted octanol–water partition coefficient (Wildman–Crippen LogP) is 4.23. The van der Waals surface area contributed by atoms with E-state index in [1.165, 1.54) is 24.6 Å². The fourth-order valence-electron chi connectivity index (χ4n) is 3.10. The van der Waals surface area contributed by atoms with E-state index < -0.39 is 10.0 Å². The van der Waals surface area contributed by atoms with Gasteiger partial charge in [0.25, 0.3) is 0 Å². The van der Waals surface area contributed by atoms with Crippen molar-refractivity contribution in [2.45, 2.75) is 16.6 Å². The van der Waals surface area contributed by atoms with E-state index in [9.17, 15) is 8.42 Å². The Balaban J connectivity index is 1.86. The maximum atomic E-state index is 13.3. The van der Waals surface area contributed by atoms with Crippen LogP contribution in [0.2, 0.25) is 5.02 Å². The van der Waals surface area contributed by atoms with E-state index in [1.54, 1.807) is 23.9 Å². The van der Waals surface area contributed by atoms with Crippen molar-refractivity contribution in [1.29, 1.82) is 0 Å². The second-order valence-corrected chi connectivity index (χ2v) is 9.71. The molecule has 1 atom stereocenters. The number of benzene rings is 2. The average Bonchev–Trinajstić information content (AvgIpc) is 2.94. The molecule has 5 nitrogen and oxygen atoms in total. The maximum absolute atomic E-state index is 13.3. The molecule has 0 bridgehead atoms. The number of thioether (sulfide) groups is 1. The number of rotatable bonds is 5. The van der Waals surface area contributed by atoms with Crippen LogP contribution in [0.4, 0.5) is 0 Å². The molecule has 0 radical (unpaired) electrons. The highest BCUT2D eigenvalue weighted by molar-refractivity contribution is 7.99. The van der Waals surface area contributed by atoms with Crippen LogP contribution in [0.5, 0.6) is 11.5 Å². The van der Waals surface area contributed by atoms with Gasteiger partial charge in [0.05, 0.1) is 14.2 Å². The molecule has 1 aliphatic rings. The second-order valence-electron chi connectivity index (χ2n) is 6.09. The van der Waals surface area contributed by atoms with Crippen LogP contribution < -0.4 is 9.47 Å². The Bertz CT molecular complexity index is 904. The van der Waals surface area contributed by atoms with Crippen LogP contribution >= 0.6 is 23.4 Å². The summed E-state index contributed by atoms with van der Waals surface area (Å²) in [6, 6.07) is 12.6. The molecule has 0 aromatic heterocycles. The quantitative estimate of drug-likeness (QED) is 0.714. The molecule has 0 spiro atoms. The number of ether oxygens (including phenoxy) is 2. The number of nitrogens with zero attached hydrogens (tertiary/aromatic N) is 1. The van der Waals surface area contributed by atoms with Crippen molar-refractivity contribution in [3.05, 3.63) is 53.1 Å². The summed E-state index contributed by atoms with van der Waals surface area (Å²) in [5.41, 5.74) is 1.06. The highest BCUT2D eigenvalue weighted by Crippen LogP contribution is 2.39. The topological polar surface area (TPSA) is 55.8 Å². The van der Waals surface area contributed by atoms with Gasteiger partial charge in [-0.25, -0.2) is 8.42 Å². The maximum Gasteiger partial charge on any atom is 0.246 e. The molecule has 0 unspecified atom stereocenters. The molecule has 3 rings (SSSR count). The Morgan fingerprint density at radius 3 is 2.59 bits per heavy atom. The third-order valence-corrected chi connectivity index (χ3v) is 8.12. The number of methoxy groups -OCH3 is 2. The minimum atomic E-state index is -3.69. The van der Waals surface area contributed by atoms with Crippen molar-refractivity contribution in [3.63, 3.8) is 0 Å². The van der Waals surface area contributed by atoms with Gasteiger partial charge in [0.2, 0.25) is 10.0 Å². The Kier molecular flexibility index (Phi) is 6.57. The van der Waals surface area contributed by atoms with Crippen LogP contribution in [0, 0.1) is 0 Å². The summed E-state index contributed by atoms with van der Waals surface area (Å²) in [7, 11) is -0.721. The molecular formula is C19H22ClNO4S2. The summed E-state index contributed by atoms with van der Waals surface area (Å²) in [4.78, 5) is 0.130. The molecule has 0 saturated carbocycles. The fourth-order valence-corrected chi connectivity index (χ4v) is 6.44. The Morgan fingerprint density at radius 2 is 1.89 bits per heavy atom. The van der Waals surface area contributed by atoms with Crippen molar-refractivity contribution in [3.8, 4) is 11.5 Å². The lowest BCUT2D eigenvalue weighted by molar-refractivity contribution is 0.384. The van der Waals surface area contributed by atoms with E-state index in [1.807, 2.05) is 24.3 Å². The number of hydrogen-bond acceptors (Lipinski definition) is 5. The second kappa shape index (κ2) is 8.73. The van der Waals surface area contributed by atoms with Crippen LogP contribution in [0.1, 0.15) is 17.2 Å². The largest absolute Gasteiger partial charge is 0.497 e. The zero-order valence-electron chi connectivity index (χ0n) is 15.2. The Labute approximate surface area is 169 Å². The first-order valence-corrected chi connectivity index (χ1v) is 11.4. The van der Waals surface area contributed by atoms with Gasteiger partial charge in [0, 0.05) is 35.2 Å². The van der Waals surface area contributed by atoms with E-state index in [-0.39, 0.29) is 10.1 Å². The third kappa shape index (κ3) is 4.37. The van der Waals surface area contributed by atoms with E-state index in [0.29, 0.717) is 36.8 Å². The van der Waals surface area contributed by atoms with Crippen molar-refractivity contribution in [2.75, 3.05) is 33.1 Å². The number of halogens is 1. The van der Waals surface area contributed by atoms with Crippen molar-refractivity contribution >= 4 is 33.4 Å². The van der Waals surface area contributed by atoms with Crippen LogP contribution in [-0.2, 0) is 10.0 Å². The fraction of sp³-hybridized carbons (Fsp3) is 0.368. The SMILES string of the molecule is COc1ccc(OC)c(S(=O)(=O)N2CCS[C@H](c3ccccc3Cl)CC2)c1. The van der Waals surface area contributed by atoms with Gasteiger partial charge < -0.3 is 9.47 Å². The first kappa shape index (κ1) is 20.3. The summed E-state index contributed by atoms with van der Waals surface area (Å²) in [5, 5.41) is 0.895. The van der Waals surface area contributed by atoms with Crippen LogP contribution in [0.15, 0.2) is 47.4 Å². The molecule has 1 aliphatic heterocycles. The predicted molar refractivity (Wildman–Crippen MR) is 110 cm³/mol. The minimum Gasteiger partial charge on any atom is -0.497 e. The van der Waals surface area contributed by atoms with Gasteiger partial charge in [-0.2, -0.15) is 16.1 Å². The lowest BCUT2D eigenvalue weighted by Gasteiger charge is -2.21. The molecule has 0 N–H and O–H groups in total. The van der Waals surface area contributed by atoms with Gasteiger partial charge in [-0.15, -0.1) is 0 Å². The van der Waals surface area contributed by atoms with E-state index >= 15 is 0 Å². The van der Waals surface area contributed by atoms with E-state index in [4.69, 9.17) is 21.1 Å². The van der Waals surface area contributed by atoms with Gasteiger partial charge in [-0.3, -0.25) is 0 Å². The lowest BCUT2D eigenvalue weighted by atomic mass is 10.1. The van der Waals surface area contributed by atoms with Gasteiger partial charge in [-0.1, -0.05) is 29.8 Å². The van der Waals surface area contributed by atoms with Crippen LogP contribution in [-0.4, -0.2) is 45.8 Å². The normalized spacial score (nSPS) is 18.7. The first-order chi connectivity index (χ1) is 13.0. The van der Waals surface area contributed by atoms with E-state index in [2.05, 4.69) is 0 Å². The number of sulfonamides is 1. The monoisotopic (exact) mass is 427 g/mol. The molecule has 1 fully saturated rings. The van der Waals surface area contributed by atoms with E-state index in [0.717, 1.165) is 10.6 Å². The smallest absolute Gasteiger partial charge is 0.246 e. The summed E-state index contributed by atoms with van der Waals surface area (Å²) in [6.07, 6.45) is 0.694. The standard InChI is InChI=1S/C19H22ClNO4S2/c1-24-14-7-8-17(25-2)19(13-14)27(22,23)21-10-9-18(26-12-11-21)15-5-3-4-6-16(15)20/h3-8,13,18H,9-12H2,1-2H3/t18-/m0/s1. The molecule has 27 heavy (non-hydrogen) atoms. The molecule has 0 aliphatic carbocycles. The van der Waals surface area contributed by atoms with Crippen molar-refractivity contribution in [2.24, 2.45) is 0 Å². The summed E-state index contributed by atoms with van der Waals surface area (Å²) < 4.78 is 38.5. The molecule has 2 aromatic carbocycles. The van der Waals surface area contributed by atoms with Crippen molar-refractivity contribution in [1.82, 2.24) is 4.31 Å².